The Morgan fingerprint density at radius 2 is 1.89 bits per heavy atom. The maximum Gasteiger partial charge on any atom is 0.336 e. The number of ketones is 1. The molecule has 0 saturated heterocycles. The number of rotatable bonds is 4. The van der Waals surface area contributed by atoms with E-state index in [0.29, 0.717) is 29.0 Å². The Hall–Kier alpha value is -2.89. The Bertz CT molecular complexity index is 848. The van der Waals surface area contributed by atoms with Crippen molar-refractivity contribution in [1.29, 1.82) is 0 Å². The monoisotopic (exact) mass is 369 g/mol. The van der Waals surface area contributed by atoms with Crippen LogP contribution in [0.25, 0.3) is 0 Å². The molecule has 1 aliphatic carbocycles. The van der Waals surface area contributed by atoms with Crippen LogP contribution in [0.4, 0.5) is 0 Å². The van der Waals surface area contributed by atoms with Crippen LogP contribution in [0.15, 0.2) is 46.8 Å². The van der Waals surface area contributed by atoms with Gasteiger partial charge in [0.1, 0.15) is 5.75 Å². The van der Waals surface area contributed by atoms with Crippen LogP contribution < -0.4 is 10.1 Å². The molecule has 0 amide bonds. The number of ether oxygens (including phenoxy) is 2. The summed E-state index contributed by atoms with van der Waals surface area (Å²) < 4.78 is 10.3. The Morgan fingerprint density at radius 1 is 1.19 bits per heavy atom. The topological polar surface area (TPSA) is 81.7 Å². The quantitative estimate of drug-likeness (QED) is 0.649. The zero-order valence-corrected chi connectivity index (χ0v) is 15.8. The SMILES string of the molecule is CCOC(=O)C1=C(C)NC2=C(C(=O)CCC2)C1c1ccc(OC(C)=O)cc1. The number of hydrogen-bond donors (Lipinski definition) is 1. The van der Waals surface area contributed by atoms with Gasteiger partial charge in [0.15, 0.2) is 5.78 Å². The molecule has 0 fully saturated rings. The fraction of sp³-hybridized carbons (Fsp3) is 0.381. The first-order valence-electron chi connectivity index (χ1n) is 9.12. The second kappa shape index (κ2) is 7.78. The van der Waals surface area contributed by atoms with Crippen molar-refractivity contribution in [3.63, 3.8) is 0 Å². The lowest BCUT2D eigenvalue weighted by Crippen LogP contribution is -2.34. The predicted molar refractivity (Wildman–Crippen MR) is 98.8 cm³/mol. The van der Waals surface area contributed by atoms with E-state index in [2.05, 4.69) is 5.32 Å². The normalized spacial score (nSPS) is 19.4. The van der Waals surface area contributed by atoms with Crippen LogP contribution in [0.1, 0.15) is 51.5 Å². The summed E-state index contributed by atoms with van der Waals surface area (Å²) >= 11 is 0. The van der Waals surface area contributed by atoms with E-state index in [4.69, 9.17) is 9.47 Å². The number of allylic oxidation sites excluding steroid dienone is 3. The van der Waals surface area contributed by atoms with Gasteiger partial charge in [0.2, 0.25) is 0 Å². The van der Waals surface area contributed by atoms with E-state index in [-0.39, 0.29) is 12.4 Å². The minimum absolute atomic E-state index is 0.0483. The van der Waals surface area contributed by atoms with E-state index in [9.17, 15) is 14.4 Å². The van der Waals surface area contributed by atoms with Crippen molar-refractivity contribution in [2.24, 2.45) is 0 Å². The first-order chi connectivity index (χ1) is 12.9. The van der Waals surface area contributed by atoms with Gasteiger partial charge in [-0.3, -0.25) is 9.59 Å². The first-order valence-corrected chi connectivity index (χ1v) is 9.12. The number of esters is 2. The lowest BCUT2D eigenvalue weighted by atomic mass is 9.75. The summed E-state index contributed by atoms with van der Waals surface area (Å²) in [4.78, 5) is 36.5. The number of carbonyl (C=O) groups excluding carboxylic acids is 3. The lowest BCUT2D eigenvalue weighted by Gasteiger charge is -2.34. The van der Waals surface area contributed by atoms with Gasteiger partial charge in [-0.15, -0.1) is 0 Å². The minimum atomic E-state index is -0.487. The van der Waals surface area contributed by atoms with Gasteiger partial charge in [0.25, 0.3) is 0 Å². The third-order valence-corrected chi connectivity index (χ3v) is 4.75. The molecule has 1 aromatic carbocycles. The van der Waals surface area contributed by atoms with Gasteiger partial charge in [0.05, 0.1) is 12.2 Å². The van der Waals surface area contributed by atoms with E-state index in [1.54, 1.807) is 31.2 Å². The van der Waals surface area contributed by atoms with Gasteiger partial charge in [-0.05, 0) is 44.4 Å². The largest absolute Gasteiger partial charge is 0.463 e. The molecule has 3 rings (SSSR count). The second-order valence-electron chi connectivity index (χ2n) is 6.65. The molecule has 1 atom stereocenters. The van der Waals surface area contributed by atoms with E-state index < -0.39 is 17.9 Å². The molecule has 1 N–H and O–H groups in total. The molecule has 1 unspecified atom stereocenters. The Labute approximate surface area is 158 Å². The van der Waals surface area contributed by atoms with Crippen molar-refractivity contribution in [3.05, 3.63) is 52.4 Å². The third-order valence-electron chi connectivity index (χ3n) is 4.75. The van der Waals surface area contributed by atoms with Gasteiger partial charge in [-0.1, -0.05) is 12.1 Å². The highest BCUT2D eigenvalue weighted by Crippen LogP contribution is 2.42. The van der Waals surface area contributed by atoms with E-state index in [1.165, 1.54) is 6.92 Å². The number of hydrogen-bond acceptors (Lipinski definition) is 6. The molecule has 27 heavy (non-hydrogen) atoms. The summed E-state index contributed by atoms with van der Waals surface area (Å²) in [7, 11) is 0. The van der Waals surface area contributed by atoms with Crippen LogP contribution >= 0.6 is 0 Å². The average Bonchev–Trinajstić information content (AvgIpc) is 2.61. The van der Waals surface area contributed by atoms with Crippen LogP contribution in [-0.4, -0.2) is 24.3 Å². The molecule has 1 aliphatic heterocycles. The number of carbonyl (C=O) groups is 3. The molecule has 2 aliphatic rings. The summed E-state index contributed by atoms with van der Waals surface area (Å²) in [5.74, 6) is -0.851. The van der Waals surface area contributed by atoms with Gasteiger partial charge < -0.3 is 14.8 Å². The maximum absolute atomic E-state index is 12.7. The first kappa shape index (κ1) is 18.9. The highest BCUT2D eigenvalue weighted by atomic mass is 16.5. The highest BCUT2D eigenvalue weighted by molar-refractivity contribution is 6.03. The zero-order chi connectivity index (χ0) is 19.6. The summed E-state index contributed by atoms with van der Waals surface area (Å²) in [5.41, 5.74) is 3.46. The van der Waals surface area contributed by atoms with Crippen molar-refractivity contribution in [1.82, 2.24) is 5.32 Å². The molecule has 1 aromatic rings. The van der Waals surface area contributed by atoms with Gasteiger partial charge in [-0.2, -0.15) is 0 Å². The van der Waals surface area contributed by atoms with Crippen LogP contribution in [0.2, 0.25) is 0 Å². The third kappa shape index (κ3) is 3.79. The second-order valence-corrected chi connectivity index (χ2v) is 6.65. The van der Waals surface area contributed by atoms with Crippen molar-refractivity contribution >= 4 is 17.7 Å². The van der Waals surface area contributed by atoms with Gasteiger partial charge in [-0.25, -0.2) is 4.79 Å². The molecule has 0 radical (unpaired) electrons. The molecule has 6 nitrogen and oxygen atoms in total. The molecule has 0 bridgehead atoms. The molecule has 0 spiro atoms. The molecular weight excluding hydrogens is 346 g/mol. The van der Waals surface area contributed by atoms with E-state index >= 15 is 0 Å². The van der Waals surface area contributed by atoms with Crippen LogP contribution in [0, 0.1) is 0 Å². The van der Waals surface area contributed by atoms with Gasteiger partial charge >= 0.3 is 11.9 Å². The van der Waals surface area contributed by atoms with Crippen molar-refractivity contribution < 1.29 is 23.9 Å². The smallest absolute Gasteiger partial charge is 0.336 e. The average molecular weight is 369 g/mol. The minimum Gasteiger partial charge on any atom is -0.463 e. The van der Waals surface area contributed by atoms with Crippen LogP contribution in [0.3, 0.4) is 0 Å². The summed E-state index contributed by atoms with van der Waals surface area (Å²) in [6, 6.07) is 6.91. The summed E-state index contributed by atoms with van der Waals surface area (Å²) in [6.07, 6.45) is 2.04. The van der Waals surface area contributed by atoms with Crippen molar-refractivity contribution in [2.75, 3.05) is 6.61 Å². The lowest BCUT2D eigenvalue weighted by molar-refractivity contribution is -0.139. The van der Waals surface area contributed by atoms with Crippen molar-refractivity contribution in [2.45, 2.75) is 46.0 Å². The Balaban J connectivity index is 2.08. The number of Topliss-reactive ketones (excluding diaryl/α,β-unsaturated/α-hetero) is 1. The molecule has 0 saturated carbocycles. The number of nitrogens with one attached hydrogen (secondary N) is 1. The Morgan fingerprint density at radius 3 is 2.52 bits per heavy atom. The maximum atomic E-state index is 12.7. The van der Waals surface area contributed by atoms with Crippen molar-refractivity contribution in [3.8, 4) is 5.75 Å². The molecule has 1 heterocycles. The van der Waals surface area contributed by atoms with E-state index in [1.807, 2.05) is 6.92 Å². The number of dihydropyridines is 1. The molecule has 142 valence electrons. The zero-order valence-electron chi connectivity index (χ0n) is 15.8. The highest BCUT2D eigenvalue weighted by Gasteiger charge is 2.38. The number of benzene rings is 1. The molecule has 0 aromatic heterocycles. The fourth-order valence-corrected chi connectivity index (χ4v) is 3.69. The molecule has 6 heteroatoms. The fourth-order valence-electron chi connectivity index (χ4n) is 3.69. The van der Waals surface area contributed by atoms with Crippen LogP contribution in [0.5, 0.6) is 5.75 Å². The standard InChI is InChI=1S/C21H23NO5/c1-4-26-21(25)18-12(2)22-16-6-5-7-17(24)20(16)19(18)14-8-10-15(11-9-14)27-13(3)23/h8-11,19,22H,4-7H2,1-3H3. The predicted octanol–water partition coefficient (Wildman–Crippen LogP) is 3.14. The van der Waals surface area contributed by atoms with E-state index in [0.717, 1.165) is 24.1 Å². The molecular formula is C21H23NO5. The summed E-state index contributed by atoms with van der Waals surface area (Å²) in [5, 5.41) is 3.24. The van der Waals surface area contributed by atoms with Crippen LogP contribution in [-0.2, 0) is 19.1 Å². The Kier molecular flexibility index (Phi) is 5.44. The van der Waals surface area contributed by atoms with Gasteiger partial charge in [0, 0.05) is 36.2 Å². The summed E-state index contributed by atoms with van der Waals surface area (Å²) in [6.45, 7) is 5.18.